The van der Waals surface area contributed by atoms with Crippen LogP contribution in [0.4, 0.5) is 4.39 Å². The van der Waals surface area contributed by atoms with E-state index in [2.05, 4.69) is 41.4 Å². The van der Waals surface area contributed by atoms with Gasteiger partial charge in [0.05, 0.1) is 25.0 Å². The van der Waals surface area contributed by atoms with Gasteiger partial charge in [-0.05, 0) is 50.7 Å². The molecule has 2 aromatic carbocycles. The molecule has 166 valence electrons. The molecule has 0 saturated carbocycles. The molecule has 0 radical (unpaired) electrons. The maximum atomic E-state index is 14.5. The van der Waals surface area contributed by atoms with Gasteiger partial charge in [0.25, 0.3) is 0 Å². The lowest BCUT2D eigenvalue weighted by Crippen LogP contribution is -2.20. The summed E-state index contributed by atoms with van der Waals surface area (Å²) < 4.78 is 23.6. The van der Waals surface area contributed by atoms with Gasteiger partial charge in [0.1, 0.15) is 5.82 Å². The average Bonchev–Trinajstić information content (AvgIpc) is 3.40. The Morgan fingerprint density at radius 2 is 1.94 bits per heavy atom. The molecule has 7 heteroatoms. The third-order valence-electron chi connectivity index (χ3n) is 5.57. The summed E-state index contributed by atoms with van der Waals surface area (Å²) in [6, 6.07) is 13.1. The molecule has 32 heavy (non-hydrogen) atoms. The fourth-order valence-corrected chi connectivity index (χ4v) is 3.89. The van der Waals surface area contributed by atoms with Crippen LogP contribution >= 0.6 is 0 Å². The first-order valence-electron chi connectivity index (χ1n) is 10.7. The van der Waals surface area contributed by atoms with Crippen LogP contribution in [0.3, 0.4) is 0 Å². The first-order chi connectivity index (χ1) is 15.5. The summed E-state index contributed by atoms with van der Waals surface area (Å²) in [4.78, 5) is 6.67. The Bertz CT molecular complexity index is 1210. The Labute approximate surface area is 187 Å². The van der Waals surface area contributed by atoms with Crippen molar-refractivity contribution in [3.05, 3.63) is 83.8 Å². The lowest BCUT2D eigenvalue weighted by Gasteiger charge is -2.17. The molecule has 0 aliphatic rings. The van der Waals surface area contributed by atoms with Crippen molar-refractivity contribution < 1.29 is 9.13 Å². The molecule has 0 fully saturated rings. The molecule has 0 unspecified atom stereocenters. The highest BCUT2D eigenvalue weighted by atomic mass is 19.1. The van der Waals surface area contributed by atoms with Gasteiger partial charge in [0.2, 0.25) is 0 Å². The molecular formula is C25H28FN5O. The summed E-state index contributed by atoms with van der Waals surface area (Å²) in [5, 5.41) is 4.85. The van der Waals surface area contributed by atoms with Crippen molar-refractivity contribution in [2.24, 2.45) is 0 Å². The Morgan fingerprint density at radius 3 is 2.66 bits per heavy atom. The highest BCUT2D eigenvalue weighted by Gasteiger charge is 2.17. The van der Waals surface area contributed by atoms with Crippen LogP contribution in [0.1, 0.15) is 23.9 Å². The van der Waals surface area contributed by atoms with Crippen LogP contribution in [0.25, 0.3) is 16.9 Å². The Balaban J connectivity index is 1.71. The van der Waals surface area contributed by atoms with Crippen LogP contribution in [0.5, 0.6) is 5.75 Å². The number of aryl methyl sites for hydroxylation is 2. The average molecular weight is 434 g/mol. The number of para-hydroxylation sites is 1. The topological polar surface area (TPSA) is 48.1 Å². The van der Waals surface area contributed by atoms with Crippen molar-refractivity contribution in [2.45, 2.75) is 33.5 Å². The molecular weight excluding hydrogens is 405 g/mol. The van der Waals surface area contributed by atoms with Crippen LogP contribution in [-0.4, -0.2) is 38.4 Å². The van der Waals surface area contributed by atoms with Gasteiger partial charge in [-0.15, -0.1) is 0 Å². The van der Waals surface area contributed by atoms with Crippen LogP contribution in [0, 0.1) is 12.7 Å². The second-order valence-corrected chi connectivity index (χ2v) is 7.89. The van der Waals surface area contributed by atoms with E-state index in [1.54, 1.807) is 6.07 Å². The number of imidazole rings is 1. The number of benzene rings is 2. The molecule has 0 aliphatic heterocycles. The van der Waals surface area contributed by atoms with Gasteiger partial charge < -0.3 is 9.30 Å². The number of aromatic nitrogens is 4. The molecule has 2 heterocycles. The van der Waals surface area contributed by atoms with Gasteiger partial charge in [-0.25, -0.2) is 14.1 Å². The van der Waals surface area contributed by atoms with Gasteiger partial charge in [-0.3, -0.25) is 4.90 Å². The molecule has 0 bridgehead atoms. The van der Waals surface area contributed by atoms with Crippen molar-refractivity contribution in [1.29, 1.82) is 0 Å². The minimum Gasteiger partial charge on any atom is -0.494 e. The van der Waals surface area contributed by atoms with E-state index in [1.165, 1.54) is 13.2 Å². The van der Waals surface area contributed by atoms with E-state index in [1.807, 2.05) is 47.5 Å². The fourth-order valence-electron chi connectivity index (χ4n) is 3.89. The van der Waals surface area contributed by atoms with Crippen molar-refractivity contribution in [3.63, 3.8) is 0 Å². The zero-order chi connectivity index (χ0) is 22.7. The van der Waals surface area contributed by atoms with Crippen molar-refractivity contribution in [2.75, 3.05) is 14.2 Å². The number of halogens is 1. The van der Waals surface area contributed by atoms with Gasteiger partial charge in [0, 0.05) is 42.8 Å². The van der Waals surface area contributed by atoms with E-state index in [0.717, 1.165) is 34.9 Å². The zero-order valence-corrected chi connectivity index (χ0v) is 18.9. The third kappa shape index (κ3) is 4.43. The first-order valence-corrected chi connectivity index (χ1v) is 10.7. The number of ether oxygens (including phenoxy) is 1. The summed E-state index contributed by atoms with van der Waals surface area (Å²) >= 11 is 0. The van der Waals surface area contributed by atoms with E-state index in [9.17, 15) is 4.39 Å². The highest BCUT2D eigenvalue weighted by molar-refractivity contribution is 5.64. The highest BCUT2D eigenvalue weighted by Crippen LogP contribution is 2.29. The van der Waals surface area contributed by atoms with Gasteiger partial charge in [0.15, 0.2) is 11.6 Å². The van der Waals surface area contributed by atoms with Gasteiger partial charge in [-0.2, -0.15) is 5.10 Å². The largest absolute Gasteiger partial charge is 0.494 e. The molecule has 0 spiro atoms. The van der Waals surface area contributed by atoms with E-state index in [0.29, 0.717) is 18.7 Å². The maximum Gasteiger partial charge on any atom is 0.165 e. The smallest absolute Gasteiger partial charge is 0.165 e. The van der Waals surface area contributed by atoms with E-state index >= 15 is 0 Å². The lowest BCUT2D eigenvalue weighted by molar-refractivity contribution is 0.306. The normalized spacial score (nSPS) is 11.3. The van der Waals surface area contributed by atoms with Crippen LogP contribution < -0.4 is 4.74 Å². The van der Waals surface area contributed by atoms with E-state index in [4.69, 9.17) is 9.84 Å². The van der Waals surface area contributed by atoms with Gasteiger partial charge >= 0.3 is 0 Å². The molecule has 0 amide bonds. The van der Waals surface area contributed by atoms with Crippen LogP contribution in [-0.2, 0) is 19.6 Å². The third-order valence-corrected chi connectivity index (χ3v) is 5.57. The molecule has 2 aromatic heterocycles. The molecule has 0 aliphatic carbocycles. The molecule has 6 nitrogen and oxygen atoms in total. The van der Waals surface area contributed by atoms with Gasteiger partial charge in [-0.1, -0.05) is 18.2 Å². The quantitative estimate of drug-likeness (QED) is 0.399. The number of methoxy groups -OCH3 is 1. The lowest BCUT2D eigenvalue weighted by atomic mass is 10.1. The summed E-state index contributed by atoms with van der Waals surface area (Å²) in [6.07, 6.45) is 5.85. The monoisotopic (exact) mass is 433 g/mol. The second-order valence-electron chi connectivity index (χ2n) is 7.89. The van der Waals surface area contributed by atoms with E-state index in [-0.39, 0.29) is 5.75 Å². The van der Waals surface area contributed by atoms with Crippen molar-refractivity contribution >= 4 is 0 Å². The number of hydrogen-bond acceptors (Lipinski definition) is 4. The molecule has 4 rings (SSSR count). The molecule has 0 N–H and O–H groups in total. The number of hydrogen-bond donors (Lipinski definition) is 0. The van der Waals surface area contributed by atoms with Crippen molar-refractivity contribution in [1.82, 2.24) is 24.2 Å². The molecule has 0 saturated heterocycles. The Morgan fingerprint density at radius 1 is 1.12 bits per heavy atom. The number of nitrogens with zero attached hydrogens (tertiary/aromatic N) is 5. The Kier molecular flexibility index (Phi) is 6.37. The summed E-state index contributed by atoms with van der Waals surface area (Å²) in [5.74, 6) is 0.829. The van der Waals surface area contributed by atoms with Crippen molar-refractivity contribution in [3.8, 4) is 22.7 Å². The molecule has 4 aromatic rings. The Hall–Kier alpha value is -3.45. The summed E-state index contributed by atoms with van der Waals surface area (Å²) in [5.41, 5.74) is 4.59. The summed E-state index contributed by atoms with van der Waals surface area (Å²) in [7, 11) is 3.52. The molecule has 0 atom stereocenters. The zero-order valence-electron chi connectivity index (χ0n) is 18.9. The SMILES string of the molecule is CCn1ccnc1CN(C)Cc1cn(-c2ccccc2C)nc1-c1ccc(OC)c(F)c1. The standard InChI is InChI=1S/C25H28FN5O/c1-5-30-13-12-27-24(30)17-29(3)15-20-16-31(22-9-7-6-8-18(22)2)28-25(20)19-10-11-23(32-4)21(26)14-19/h6-14,16H,5,15,17H2,1-4H3. The van der Waals surface area contributed by atoms with E-state index < -0.39 is 5.82 Å². The first kappa shape index (κ1) is 21.8. The predicted octanol–water partition coefficient (Wildman–Crippen LogP) is 4.84. The van der Waals surface area contributed by atoms with Crippen LogP contribution in [0.2, 0.25) is 0 Å². The maximum absolute atomic E-state index is 14.5. The minimum atomic E-state index is -0.403. The fraction of sp³-hybridized carbons (Fsp3) is 0.280. The second kappa shape index (κ2) is 9.36. The van der Waals surface area contributed by atoms with Crippen LogP contribution in [0.15, 0.2) is 61.1 Å². The minimum absolute atomic E-state index is 0.220. The predicted molar refractivity (Wildman–Crippen MR) is 123 cm³/mol. The summed E-state index contributed by atoms with van der Waals surface area (Å²) in [6.45, 7) is 6.39. The number of rotatable bonds is 8.